The summed E-state index contributed by atoms with van der Waals surface area (Å²) in [7, 11) is -3.64. The summed E-state index contributed by atoms with van der Waals surface area (Å²) in [6, 6.07) is 8.57. The van der Waals surface area contributed by atoms with Crippen molar-refractivity contribution in [3.8, 4) is 0 Å². The van der Waals surface area contributed by atoms with Crippen LogP contribution in [0.15, 0.2) is 41.3 Å². The Morgan fingerprint density at radius 1 is 1.11 bits per heavy atom. The molecule has 0 aliphatic carbocycles. The SMILES string of the molecule is CCN(CC)S(=O)(=O)c1ccc(C)c(NC(=O)CNc2cc(Cl)ccc2F)c1. The Morgan fingerprint density at radius 3 is 2.43 bits per heavy atom. The Morgan fingerprint density at radius 2 is 1.79 bits per heavy atom. The van der Waals surface area contributed by atoms with Crippen molar-refractivity contribution in [2.24, 2.45) is 0 Å². The highest BCUT2D eigenvalue weighted by atomic mass is 35.5. The Balaban J connectivity index is 2.15. The number of halogens is 2. The largest absolute Gasteiger partial charge is 0.374 e. The Hall–Kier alpha value is -2.16. The van der Waals surface area contributed by atoms with Gasteiger partial charge in [-0.2, -0.15) is 4.31 Å². The Kier molecular flexibility index (Phi) is 7.40. The standard InChI is InChI=1S/C19H23ClFN3O3S/c1-4-24(5-2)28(26,27)15-8-6-13(3)17(11-15)23-19(25)12-22-18-10-14(20)7-9-16(18)21/h6-11,22H,4-5,12H2,1-3H3,(H,23,25). The number of benzene rings is 2. The smallest absolute Gasteiger partial charge is 0.243 e. The highest BCUT2D eigenvalue weighted by molar-refractivity contribution is 7.89. The number of nitrogens with one attached hydrogen (secondary N) is 2. The fourth-order valence-corrected chi connectivity index (χ4v) is 4.27. The normalized spacial score (nSPS) is 11.5. The molecule has 0 heterocycles. The van der Waals surface area contributed by atoms with Crippen LogP contribution in [0.3, 0.4) is 0 Å². The third-order valence-corrected chi connectivity index (χ3v) is 6.48. The summed E-state index contributed by atoms with van der Waals surface area (Å²) in [5, 5.41) is 5.68. The van der Waals surface area contributed by atoms with E-state index >= 15 is 0 Å². The molecule has 152 valence electrons. The lowest BCUT2D eigenvalue weighted by Gasteiger charge is -2.19. The second-order valence-electron chi connectivity index (χ2n) is 6.09. The van der Waals surface area contributed by atoms with E-state index in [1.54, 1.807) is 26.8 Å². The number of hydrogen-bond donors (Lipinski definition) is 2. The number of carbonyl (C=O) groups is 1. The van der Waals surface area contributed by atoms with Crippen molar-refractivity contribution in [3.05, 3.63) is 52.8 Å². The van der Waals surface area contributed by atoms with Crippen molar-refractivity contribution < 1.29 is 17.6 Å². The second-order valence-corrected chi connectivity index (χ2v) is 8.47. The number of anilines is 2. The molecule has 0 saturated heterocycles. The molecule has 0 aliphatic heterocycles. The average Bonchev–Trinajstić information content (AvgIpc) is 2.65. The zero-order chi connectivity index (χ0) is 20.9. The summed E-state index contributed by atoms with van der Waals surface area (Å²) >= 11 is 5.82. The van der Waals surface area contributed by atoms with Gasteiger partial charge < -0.3 is 10.6 Å². The molecule has 0 aliphatic rings. The molecule has 0 saturated carbocycles. The van der Waals surface area contributed by atoms with Crippen LogP contribution in [-0.4, -0.2) is 38.3 Å². The lowest BCUT2D eigenvalue weighted by atomic mass is 10.2. The maximum Gasteiger partial charge on any atom is 0.243 e. The van der Waals surface area contributed by atoms with Crippen LogP contribution < -0.4 is 10.6 Å². The van der Waals surface area contributed by atoms with Gasteiger partial charge in [-0.15, -0.1) is 0 Å². The highest BCUT2D eigenvalue weighted by Gasteiger charge is 2.22. The molecule has 0 fully saturated rings. The van der Waals surface area contributed by atoms with E-state index in [9.17, 15) is 17.6 Å². The van der Waals surface area contributed by atoms with Crippen LogP contribution >= 0.6 is 11.6 Å². The van der Waals surface area contributed by atoms with E-state index in [4.69, 9.17) is 11.6 Å². The molecule has 0 atom stereocenters. The zero-order valence-electron chi connectivity index (χ0n) is 15.9. The molecule has 6 nitrogen and oxygen atoms in total. The van der Waals surface area contributed by atoms with Gasteiger partial charge in [0.1, 0.15) is 5.82 Å². The van der Waals surface area contributed by atoms with Gasteiger partial charge in [-0.1, -0.05) is 31.5 Å². The summed E-state index contributed by atoms with van der Waals surface area (Å²) in [5.41, 5.74) is 1.20. The molecule has 2 aromatic rings. The summed E-state index contributed by atoms with van der Waals surface area (Å²) in [6.07, 6.45) is 0. The lowest BCUT2D eigenvalue weighted by molar-refractivity contribution is -0.114. The van der Waals surface area contributed by atoms with E-state index in [1.807, 2.05) is 0 Å². The molecule has 0 bridgehead atoms. The van der Waals surface area contributed by atoms with E-state index in [0.29, 0.717) is 29.4 Å². The van der Waals surface area contributed by atoms with E-state index in [1.165, 1.54) is 34.6 Å². The third-order valence-electron chi connectivity index (χ3n) is 4.19. The molecule has 0 radical (unpaired) electrons. The van der Waals surface area contributed by atoms with Crippen molar-refractivity contribution in [2.75, 3.05) is 30.3 Å². The summed E-state index contributed by atoms with van der Waals surface area (Å²) < 4.78 is 40.4. The van der Waals surface area contributed by atoms with Crippen molar-refractivity contribution in [1.29, 1.82) is 0 Å². The van der Waals surface area contributed by atoms with Crippen LogP contribution in [-0.2, 0) is 14.8 Å². The van der Waals surface area contributed by atoms with Crippen molar-refractivity contribution >= 4 is 38.9 Å². The first-order valence-electron chi connectivity index (χ1n) is 8.78. The maximum atomic E-state index is 13.7. The van der Waals surface area contributed by atoms with Crippen LogP contribution in [0.4, 0.5) is 15.8 Å². The molecule has 1 amide bonds. The fourth-order valence-electron chi connectivity index (χ4n) is 2.61. The van der Waals surface area contributed by atoms with Crippen LogP contribution in [0, 0.1) is 12.7 Å². The number of hydrogen-bond acceptors (Lipinski definition) is 4. The molecule has 9 heteroatoms. The lowest BCUT2D eigenvalue weighted by Crippen LogP contribution is -2.30. The van der Waals surface area contributed by atoms with Gasteiger partial charge in [0, 0.05) is 23.8 Å². The summed E-state index contributed by atoms with van der Waals surface area (Å²) in [4.78, 5) is 12.4. The topological polar surface area (TPSA) is 78.5 Å². The number of amides is 1. The van der Waals surface area contributed by atoms with Gasteiger partial charge in [-0.05, 0) is 42.8 Å². The molecule has 2 aromatic carbocycles. The molecule has 0 spiro atoms. The summed E-state index contributed by atoms with van der Waals surface area (Å²) in [6.45, 7) is 5.78. The van der Waals surface area contributed by atoms with Gasteiger partial charge in [0.05, 0.1) is 17.1 Å². The Bertz CT molecular complexity index is 963. The van der Waals surface area contributed by atoms with Crippen LogP contribution in [0.1, 0.15) is 19.4 Å². The maximum absolute atomic E-state index is 13.7. The van der Waals surface area contributed by atoms with Crippen molar-refractivity contribution in [3.63, 3.8) is 0 Å². The van der Waals surface area contributed by atoms with Crippen LogP contribution in [0.25, 0.3) is 0 Å². The van der Waals surface area contributed by atoms with Gasteiger partial charge in [0.2, 0.25) is 15.9 Å². The minimum atomic E-state index is -3.64. The monoisotopic (exact) mass is 427 g/mol. The average molecular weight is 428 g/mol. The van der Waals surface area contributed by atoms with E-state index in [-0.39, 0.29) is 17.1 Å². The molecule has 2 rings (SSSR count). The number of carbonyl (C=O) groups excluding carboxylic acids is 1. The number of rotatable bonds is 8. The Labute approximate surface area is 169 Å². The predicted molar refractivity (Wildman–Crippen MR) is 110 cm³/mol. The van der Waals surface area contributed by atoms with Crippen molar-refractivity contribution in [2.45, 2.75) is 25.7 Å². The van der Waals surface area contributed by atoms with Gasteiger partial charge in [-0.3, -0.25) is 4.79 Å². The minimum absolute atomic E-state index is 0.103. The fraction of sp³-hybridized carbons (Fsp3) is 0.316. The number of sulfonamides is 1. The molecule has 0 aromatic heterocycles. The predicted octanol–water partition coefficient (Wildman–Crippen LogP) is 3.87. The highest BCUT2D eigenvalue weighted by Crippen LogP contribution is 2.23. The van der Waals surface area contributed by atoms with Gasteiger partial charge >= 0.3 is 0 Å². The molecular formula is C19H23ClFN3O3S. The first kappa shape index (κ1) is 22.1. The third kappa shape index (κ3) is 5.21. The number of aryl methyl sites for hydroxylation is 1. The molecule has 0 unspecified atom stereocenters. The second kappa shape index (κ2) is 9.36. The van der Waals surface area contributed by atoms with Crippen LogP contribution in [0.2, 0.25) is 5.02 Å². The number of nitrogens with zero attached hydrogens (tertiary/aromatic N) is 1. The summed E-state index contributed by atoms with van der Waals surface area (Å²) in [5.74, 6) is -0.972. The van der Waals surface area contributed by atoms with Crippen LogP contribution in [0.5, 0.6) is 0 Å². The van der Waals surface area contributed by atoms with Gasteiger partial charge in [0.25, 0.3) is 0 Å². The van der Waals surface area contributed by atoms with E-state index < -0.39 is 21.7 Å². The first-order valence-corrected chi connectivity index (χ1v) is 10.6. The minimum Gasteiger partial charge on any atom is -0.374 e. The van der Waals surface area contributed by atoms with E-state index in [0.717, 1.165) is 0 Å². The van der Waals surface area contributed by atoms with Gasteiger partial charge in [-0.25, -0.2) is 12.8 Å². The first-order chi connectivity index (χ1) is 13.2. The molecular weight excluding hydrogens is 405 g/mol. The quantitative estimate of drug-likeness (QED) is 0.670. The molecule has 2 N–H and O–H groups in total. The van der Waals surface area contributed by atoms with E-state index in [2.05, 4.69) is 10.6 Å². The molecule has 28 heavy (non-hydrogen) atoms. The zero-order valence-corrected chi connectivity index (χ0v) is 17.5. The van der Waals surface area contributed by atoms with Gasteiger partial charge in [0.15, 0.2) is 0 Å². The van der Waals surface area contributed by atoms with Crippen molar-refractivity contribution in [1.82, 2.24) is 4.31 Å².